The molecule has 0 saturated carbocycles. The van der Waals surface area contributed by atoms with Gasteiger partial charge in [-0.3, -0.25) is 0 Å². The maximum Gasteiger partial charge on any atom is 0.375 e. The van der Waals surface area contributed by atoms with E-state index < -0.39 is 5.97 Å². The second-order valence-electron chi connectivity index (χ2n) is 2.21. The first-order chi connectivity index (χ1) is 5.75. The van der Waals surface area contributed by atoms with Gasteiger partial charge in [0.25, 0.3) is 0 Å². The fourth-order valence-electron chi connectivity index (χ4n) is 0.755. The monoisotopic (exact) mass is 164 g/mol. The van der Waals surface area contributed by atoms with E-state index in [9.17, 15) is 4.79 Å². The maximum absolute atomic E-state index is 11.1. The average Bonchev–Trinajstić information content (AvgIpc) is 2.47. The molecular formula is C9H8O3. The van der Waals surface area contributed by atoms with Crippen LogP contribution in [0.5, 0.6) is 0 Å². The quantitative estimate of drug-likeness (QED) is 0.489. The maximum atomic E-state index is 11.1. The SMILES string of the molecule is C#CCOC(=O)c1occc1C. The van der Waals surface area contributed by atoms with Crippen molar-refractivity contribution in [1.29, 1.82) is 0 Å². The second-order valence-corrected chi connectivity index (χ2v) is 2.21. The van der Waals surface area contributed by atoms with E-state index >= 15 is 0 Å². The highest BCUT2D eigenvalue weighted by atomic mass is 16.5. The van der Waals surface area contributed by atoms with Gasteiger partial charge < -0.3 is 9.15 Å². The smallest absolute Gasteiger partial charge is 0.375 e. The van der Waals surface area contributed by atoms with Crippen LogP contribution in [0.1, 0.15) is 16.1 Å². The van der Waals surface area contributed by atoms with Gasteiger partial charge in [0, 0.05) is 5.56 Å². The van der Waals surface area contributed by atoms with Gasteiger partial charge in [-0.15, -0.1) is 6.42 Å². The minimum absolute atomic E-state index is 0.0288. The normalized spacial score (nSPS) is 9.00. The molecule has 0 aromatic carbocycles. The Hall–Kier alpha value is -1.69. The summed E-state index contributed by atoms with van der Waals surface area (Å²) in [5.74, 6) is 1.89. The number of hydrogen-bond donors (Lipinski definition) is 0. The second kappa shape index (κ2) is 3.63. The van der Waals surface area contributed by atoms with Crippen LogP contribution in [-0.2, 0) is 4.74 Å². The van der Waals surface area contributed by atoms with Crippen LogP contribution in [-0.4, -0.2) is 12.6 Å². The van der Waals surface area contributed by atoms with Gasteiger partial charge in [0.1, 0.15) is 0 Å². The van der Waals surface area contributed by atoms with Crippen molar-refractivity contribution in [3.05, 3.63) is 23.7 Å². The Labute approximate surface area is 70.3 Å². The topological polar surface area (TPSA) is 39.4 Å². The number of furan rings is 1. The van der Waals surface area contributed by atoms with Crippen LogP contribution < -0.4 is 0 Å². The number of aryl methyl sites for hydroxylation is 1. The van der Waals surface area contributed by atoms with Gasteiger partial charge in [0.15, 0.2) is 6.61 Å². The zero-order chi connectivity index (χ0) is 8.97. The Kier molecular flexibility index (Phi) is 2.54. The summed E-state index contributed by atoms with van der Waals surface area (Å²) in [7, 11) is 0. The van der Waals surface area contributed by atoms with Crippen LogP contribution in [0.2, 0.25) is 0 Å². The van der Waals surface area contributed by atoms with Gasteiger partial charge in [-0.05, 0) is 13.0 Å². The first-order valence-corrected chi connectivity index (χ1v) is 3.40. The first-order valence-electron chi connectivity index (χ1n) is 3.40. The van der Waals surface area contributed by atoms with Crippen LogP contribution in [0, 0.1) is 19.3 Å². The Bertz CT molecular complexity index is 317. The summed E-state index contributed by atoms with van der Waals surface area (Å²) in [4.78, 5) is 11.1. The van der Waals surface area contributed by atoms with Gasteiger partial charge in [-0.25, -0.2) is 4.79 Å². The standard InChI is InChI=1S/C9H8O3/c1-3-5-12-9(10)8-7(2)4-6-11-8/h1,4,6H,5H2,2H3. The molecule has 62 valence electrons. The lowest BCUT2D eigenvalue weighted by Crippen LogP contribution is -2.05. The molecule has 3 heteroatoms. The Balaban J connectivity index is 2.67. The molecule has 1 rings (SSSR count). The molecule has 3 nitrogen and oxygen atoms in total. The third-order valence-electron chi connectivity index (χ3n) is 1.33. The molecule has 1 aromatic rings. The molecule has 0 fully saturated rings. The minimum atomic E-state index is -0.518. The van der Waals surface area contributed by atoms with E-state index in [2.05, 4.69) is 10.7 Å². The van der Waals surface area contributed by atoms with E-state index in [1.165, 1.54) is 6.26 Å². The van der Waals surface area contributed by atoms with Gasteiger partial charge in [0.05, 0.1) is 6.26 Å². The molecule has 0 atom stereocenters. The molecule has 0 spiro atoms. The number of rotatable bonds is 2. The van der Waals surface area contributed by atoms with Crippen molar-refractivity contribution in [2.45, 2.75) is 6.92 Å². The van der Waals surface area contributed by atoms with Crippen molar-refractivity contribution in [1.82, 2.24) is 0 Å². The van der Waals surface area contributed by atoms with Gasteiger partial charge in [0.2, 0.25) is 5.76 Å². The van der Waals surface area contributed by atoms with Gasteiger partial charge in [-0.2, -0.15) is 0 Å². The average molecular weight is 164 g/mol. The van der Waals surface area contributed by atoms with Crippen molar-refractivity contribution in [3.63, 3.8) is 0 Å². The summed E-state index contributed by atoms with van der Waals surface area (Å²) in [6, 6.07) is 1.69. The van der Waals surface area contributed by atoms with Crippen LogP contribution in [0.15, 0.2) is 16.7 Å². The molecule has 1 aromatic heterocycles. The third kappa shape index (κ3) is 1.67. The molecule has 12 heavy (non-hydrogen) atoms. The minimum Gasteiger partial charge on any atom is -0.457 e. The number of carbonyl (C=O) groups excluding carboxylic acids is 1. The van der Waals surface area contributed by atoms with E-state index in [0.29, 0.717) is 0 Å². The van der Waals surface area contributed by atoms with E-state index in [-0.39, 0.29) is 12.4 Å². The predicted octanol–water partition coefficient (Wildman–Crippen LogP) is 1.38. The fraction of sp³-hybridized carbons (Fsp3) is 0.222. The van der Waals surface area contributed by atoms with Crippen molar-refractivity contribution in [2.24, 2.45) is 0 Å². The summed E-state index contributed by atoms with van der Waals surface area (Å²) in [6.07, 6.45) is 6.34. The largest absolute Gasteiger partial charge is 0.457 e. The first kappa shape index (κ1) is 8.41. The Morgan fingerprint density at radius 3 is 3.08 bits per heavy atom. The van der Waals surface area contributed by atoms with Crippen LogP contribution >= 0.6 is 0 Å². The van der Waals surface area contributed by atoms with Crippen molar-refractivity contribution < 1.29 is 13.9 Å². The predicted molar refractivity (Wildman–Crippen MR) is 42.6 cm³/mol. The highest BCUT2D eigenvalue weighted by molar-refractivity contribution is 5.87. The molecule has 0 unspecified atom stereocenters. The highest BCUT2D eigenvalue weighted by Gasteiger charge is 2.12. The fourth-order valence-corrected chi connectivity index (χ4v) is 0.755. The van der Waals surface area contributed by atoms with E-state index in [0.717, 1.165) is 5.56 Å². The van der Waals surface area contributed by atoms with Crippen LogP contribution in [0.4, 0.5) is 0 Å². The van der Waals surface area contributed by atoms with Crippen molar-refractivity contribution in [2.75, 3.05) is 6.61 Å². The van der Waals surface area contributed by atoms with Crippen LogP contribution in [0.25, 0.3) is 0 Å². The summed E-state index contributed by atoms with van der Waals surface area (Å²) in [5, 5.41) is 0. The number of ether oxygens (including phenoxy) is 1. The molecule has 0 N–H and O–H groups in total. The van der Waals surface area contributed by atoms with Crippen molar-refractivity contribution in [3.8, 4) is 12.3 Å². The summed E-state index contributed by atoms with van der Waals surface area (Å²) in [6.45, 7) is 1.73. The number of terminal acetylenes is 1. The molecule has 0 bridgehead atoms. The van der Waals surface area contributed by atoms with E-state index in [1.54, 1.807) is 13.0 Å². The number of hydrogen-bond acceptors (Lipinski definition) is 3. The van der Waals surface area contributed by atoms with Gasteiger partial charge in [-0.1, -0.05) is 5.92 Å². The Morgan fingerprint density at radius 1 is 1.83 bits per heavy atom. The van der Waals surface area contributed by atoms with Crippen LogP contribution in [0.3, 0.4) is 0 Å². The molecule has 1 heterocycles. The highest BCUT2D eigenvalue weighted by Crippen LogP contribution is 2.09. The molecule has 0 radical (unpaired) electrons. The lowest BCUT2D eigenvalue weighted by Gasteiger charge is -1.97. The van der Waals surface area contributed by atoms with E-state index in [1.807, 2.05) is 0 Å². The lowest BCUT2D eigenvalue weighted by atomic mass is 10.3. The Morgan fingerprint density at radius 2 is 2.58 bits per heavy atom. The zero-order valence-electron chi connectivity index (χ0n) is 6.66. The molecule has 0 aliphatic carbocycles. The zero-order valence-corrected chi connectivity index (χ0v) is 6.66. The number of esters is 1. The number of carbonyl (C=O) groups is 1. The molecular weight excluding hydrogens is 156 g/mol. The molecule has 0 amide bonds. The molecule has 0 aliphatic heterocycles. The third-order valence-corrected chi connectivity index (χ3v) is 1.33. The summed E-state index contributed by atoms with van der Waals surface area (Å²) >= 11 is 0. The molecule has 0 saturated heterocycles. The van der Waals surface area contributed by atoms with Gasteiger partial charge >= 0.3 is 5.97 Å². The lowest BCUT2D eigenvalue weighted by molar-refractivity contribution is 0.0519. The summed E-state index contributed by atoms with van der Waals surface area (Å²) < 4.78 is 9.53. The summed E-state index contributed by atoms with van der Waals surface area (Å²) in [5.41, 5.74) is 0.747. The van der Waals surface area contributed by atoms with E-state index in [4.69, 9.17) is 10.8 Å². The molecule has 0 aliphatic rings. The van der Waals surface area contributed by atoms with Crippen molar-refractivity contribution >= 4 is 5.97 Å².